The molecule has 0 saturated heterocycles. The molecule has 0 spiro atoms. The zero-order valence-corrected chi connectivity index (χ0v) is 10.6. The number of anilines is 1. The minimum absolute atomic E-state index is 0.00906. The average Bonchev–Trinajstić information content (AvgIpc) is 2.07. The Bertz CT molecular complexity index is 318. The minimum atomic E-state index is -0.00906. The van der Waals surface area contributed by atoms with Crippen LogP contribution < -0.4 is 5.32 Å². The lowest BCUT2D eigenvalue weighted by atomic mass is 9.96. The van der Waals surface area contributed by atoms with Crippen molar-refractivity contribution in [2.75, 3.05) is 11.9 Å². The van der Waals surface area contributed by atoms with Crippen molar-refractivity contribution in [3.63, 3.8) is 0 Å². The minimum Gasteiger partial charge on any atom is -0.369 e. The molecule has 1 rings (SSSR count). The third-order valence-corrected chi connectivity index (χ3v) is 2.34. The summed E-state index contributed by atoms with van der Waals surface area (Å²) in [5.41, 5.74) is -0.00906. The lowest BCUT2D eigenvalue weighted by Gasteiger charge is -2.17. The van der Waals surface area contributed by atoms with E-state index in [9.17, 15) is 0 Å². The van der Waals surface area contributed by atoms with Crippen molar-refractivity contribution < 1.29 is 0 Å². The average molecular weight is 258 g/mol. The van der Waals surface area contributed by atoms with Gasteiger partial charge in [-0.2, -0.15) is 0 Å². The number of nitrogens with one attached hydrogen (secondary N) is 1. The molecule has 1 aromatic rings. The molecular formula is C10H16BrN3. The van der Waals surface area contributed by atoms with Crippen LogP contribution in [0.25, 0.3) is 0 Å². The van der Waals surface area contributed by atoms with Crippen LogP contribution in [0.15, 0.2) is 10.7 Å². The fourth-order valence-corrected chi connectivity index (χ4v) is 1.35. The molecule has 0 aliphatic rings. The van der Waals surface area contributed by atoms with E-state index in [4.69, 9.17) is 0 Å². The van der Waals surface area contributed by atoms with E-state index in [0.717, 1.165) is 22.7 Å². The van der Waals surface area contributed by atoms with Crippen LogP contribution in [0.3, 0.4) is 0 Å². The van der Waals surface area contributed by atoms with Crippen LogP contribution >= 0.6 is 15.9 Å². The Labute approximate surface area is 93.5 Å². The highest BCUT2D eigenvalue weighted by molar-refractivity contribution is 9.10. The highest BCUT2D eigenvalue weighted by Gasteiger charge is 2.18. The highest BCUT2D eigenvalue weighted by Crippen LogP contribution is 2.24. The van der Waals surface area contributed by atoms with E-state index in [1.165, 1.54) is 0 Å². The van der Waals surface area contributed by atoms with Gasteiger partial charge in [-0.05, 0) is 22.9 Å². The zero-order valence-electron chi connectivity index (χ0n) is 9.06. The molecule has 0 saturated carbocycles. The Morgan fingerprint density at radius 2 is 2.07 bits per heavy atom. The Kier molecular flexibility index (Phi) is 3.48. The number of hydrogen-bond acceptors (Lipinski definition) is 3. The summed E-state index contributed by atoms with van der Waals surface area (Å²) in [5.74, 6) is 1.73. The van der Waals surface area contributed by atoms with Crippen molar-refractivity contribution >= 4 is 21.7 Å². The van der Waals surface area contributed by atoms with E-state index in [2.05, 4.69) is 52.0 Å². The molecule has 0 unspecified atom stereocenters. The number of rotatable bonds is 2. The summed E-state index contributed by atoms with van der Waals surface area (Å²) in [6.45, 7) is 9.22. The second kappa shape index (κ2) is 4.26. The molecular weight excluding hydrogens is 242 g/mol. The van der Waals surface area contributed by atoms with Gasteiger partial charge in [0.15, 0.2) is 0 Å². The Hall–Kier alpha value is -0.640. The van der Waals surface area contributed by atoms with Crippen LogP contribution in [-0.2, 0) is 5.41 Å². The number of halogens is 1. The predicted octanol–water partition coefficient (Wildman–Crippen LogP) is 2.97. The normalized spacial score (nSPS) is 11.5. The summed E-state index contributed by atoms with van der Waals surface area (Å²) in [6.07, 6.45) is 1.80. The van der Waals surface area contributed by atoms with Crippen molar-refractivity contribution in [1.82, 2.24) is 9.97 Å². The summed E-state index contributed by atoms with van der Waals surface area (Å²) in [5, 5.41) is 3.19. The van der Waals surface area contributed by atoms with E-state index in [1.807, 2.05) is 6.92 Å². The van der Waals surface area contributed by atoms with Crippen molar-refractivity contribution in [3.05, 3.63) is 16.5 Å². The van der Waals surface area contributed by atoms with E-state index in [1.54, 1.807) is 6.20 Å². The van der Waals surface area contributed by atoms with Crippen LogP contribution in [0, 0.1) is 0 Å². The van der Waals surface area contributed by atoms with E-state index in [0.29, 0.717) is 0 Å². The van der Waals surface area contributed by atoms with E-state index in [-0.39, 0.29) is 5.41 Å². The van der Waals surface area contributed by atoms with Gasteiger partial charge in [0.1, 0.15) is 11.6 Å². The second-order valence-electron chi connectivity index (χ2n) is 4.17. The van der Waals surface area contributed by atoms with Gasteiger partial charge in [-0.3, -0.25) is 0 Å². The fourth-order valence-electron chi connectivity index (χ4n) is 1.02. The van der Waals surface area contributed by atoms with Gasteiger partial charge in [-0.25, -0.2) is 9.97 Å². The van der Waals surface area contributed by atoms with Gasteiger partial charge < -0.3 is 5.32 Å². The Morgan fingerprint density at radius 1 is 1.43 bits per heavy atom. The van der Waals surface area contributed by atoms with Gasteiger partial charge in [0, 0.05) is 18.2 Å². The Balaban J connectivity index is 3.06. The number of nitrogens with zero attached hydrogens (tertiary/aromatic N) is 2. The molecule has 0 amide bonds. The lowest BCUT2D eigenvalue weighted by Crippen LogP contribution is -2.17. The summed E-state index contributed by atoms with van der Waals surface area (Å²) in [7, 11) is 0. The van der Waals surface area contributed by atoms with Crippen LogP contribution in [0.5, 0.6) is 0 Å². The predicted molar refractivity (Wildman–Crippen MR) is 62.6 cm³/mol. The molecule has 3 nitrogen and oxygen atoms in total. The SMILES string of the molecule is CCNc1nc(C(C)(C)C)ncc1Br. The summed E-state index contributed by atoms with van der Waals surface area (Å²) < 4.78 is 0.910. The largest absolute Gasteiger partial charge is 0.369 e. The lowest BCUT2D eigenvalue weighted by molar-refractivity contribution is 0.545. The summed E-state index contributed by atoms with van der Waals surface area (Å²) in [6, 6.07) is 0. The molecule has 78 valence electrons. The van der Waals surface area contributed by atoms with E-state index < -0.39 is 0 Å². The molecule has 0 bridgehead atoms. The van der Waals surface area contributed by atoms with Gasteiger partial charge in [-0.15, -0.1) is 0 Å². The highest BCUT2D eigenvalue weighted by atomic mass is 79.9. The maximum absolute atomic E-state index is 4.46. The first kappa shape index (κ1) is 11.4. The number of aromatic nitrogens is 2. The van der Waals surface area contributed by atoms with Crippen molar-refractivity contribution in [2.45, 2.75) is 33.1 Å². The standard InChI is InChI=1S/C10H16BrN3/c1-5-12-8-7(11)6-13-9(14-8)10(2,3)4/h6H,5H2,1-4H3,(H,12,13,14). The molecule has 0 atom stereocenters. The van der Waals surface area contributed by atoms with Crippen LogP contribution in [-0.4, -0.2) is 16.5 Å². The second-order valence-corrected chi connectivity index (χ2v) is 5.02. The van der Waals surface area contributed by atoms with Gasteiger partial charge in [-0.1, -0.05) is 20.8 Å². The zero-order chi connectivity index (χ0) is 10.8. The molecule has 14 heavy (non-hydrogen) atoms. The van der Waals surface area contributed by atoms with Crippen LogP contribution in [0.4, 0.5) is 5.82 Å². The van der Waals surface area contributed by atoms with Gasteiger partial charge in [0.25, 0.3) is 0 Å². The smallest absolute Gasteiger partial charge is 0.144 e. The van der Waals surface area contributed by atoms with Crippen LogP contribution in [0.1, 0.15) is 33.5 Å². The molecule has 0 aliphatic heterocycles. The van der Waals surface area contributed by atoms with Crippen molar-refractivity contribution in [3.8, 4) is 0 Å². The molecule has 1 heterocycles. The van der Waals surface area contributed by atoms with E-state index >= 15 is 0 Å². The molecule has 1 aromatic heterocycles. The maximum Gasteiger partial charge on any atom is 0.144 e. The fraction of sp³-hybridized carbons (Fsp3) is 0.600. The monoisotopic (exact) mass is 257 g/mol. The molecule has 0 fully saturated rings. The summed E-state index contributed by atoms with van der Waals surface area (Å²) >= 11 is 3.41. The quantitative estimate of drug-likeness (QED) is 0.886. The third kappa shape index (κ3) is 2.67. The molecule has 0 aliphatic carbocycles. The topological polar surface area (TPSA) is 37.8 Å². The number of hydrogen-bond donors (Lipinski definition) is 1. The van der Waals surface area contributed by atoms with Gasteiger partial charge in [0.2, 0.25) is 0 Å². The van der Waals surface area contributed by atoms with Gasteiger partial charge >= 0.3 is 0 Å². The van der Waals surface area contributed by atoms with Crippen molar-refractivity contribution in [2.24, 2.45) is 0 Å². The van der Waals surface area contributed by atoms with Crippen LogP contribution in [0.2, 0.25) is 0 Å². The third-order valence-electron chi connectivity index (χ3n) is 1.76. The first-order valence-electron chi connectivity index (χ1n) is 4.72. The van der Waals surface area contributed by atoms with Gasteiger partial charge in [0.05, 0.1) is 4.47 Å². The molecule has 0 radical (unpaired) electrons. The Morgan fingerprint density at radius 3 is 2.57 bits per heavy atom. The first-order chi connectivity index (χ1) is 6.45. The molecule has 1 N–H and O–H groups in total. The molecule has 0 aromatic carbocycles. The first-order valence-corrected chi connectivity index (χ1v) is 5.51. The summed E-state index contributed by atoms with van der Waals surface area (Å²) in [4.78, 5) is 8.76. The molecule has 4 heteroatoms. The maximum atomic E-state index is 4.46. The van der Waals surface area contributed by atoms with Crippen molar-refractivity contribution in [1.29, 1.82) is 0 Å².